The molecule has 0 unspecified atom stereocenters. The summed E-state index contributed by atoms with van der Waals surface area (Å²) >= 11 is 0. The lowest BCUT2D eigenvalue weighted by atomic mass is 10.2. The zero-order chi connectivity index (χ0) is 13.3. The van der Waals surface area contributed by atoms with Gasteiger partial charge in [-0.1, -0.05) is 0 Å². The third-order valence-electron chi connectivity index (χ3n) is 2.50. The quantitative estimate of drug-likeness (QED) is 0.824. The van der Waals surface area contributed by atoms with Crippen molar-refractivity contribution in [3.63, 3.8) is 0 Å². The minimum atomic E-state index is -0.660. The van der Waals surface area contributed by atoms with Gasteiger partial charge in [-0.3, -0.25) is 0 Å². The Morgan fingerprint density at radius 2 is 2.22 bits per heavy atom. The van der Waals surface area contributed by atoms with Crippen molar-refractivity contribution >= 4 is 5.97 Å². The summed E-state index contributed by atoms with van der Waals surface area (Å²) in [5, 5.41) is 9.10. The standard InChI is InChI=1S/C12H11FN2O3/c1-15-6-7(12(17)18-2)3-10(15)11-9(13)4-8(16)5-14-11/h3-6,16H,1-2H3. The number of aryl methyl sites for hydroxylation is 1. The van der Waals surface area contributed by atoms with Crippen molar-refractivity contribution in [1.82, 2.24) is 9.55 Å². The number of aromatic hydroxyl groups is 1. The summed E-state index contributed by atoms with van der Waals surface area (Å²) in [6, 6.07) is 2.45. The Kier molecular flexibility index (Phi) is 3.01. The molecule has 0 radical (unpaired) electrons. The molecule has 0 aromatic carbocycles. The Morgan fingerprint density at radius 3 is 2.83 bits per heavy atom. The first-order valence-corrected chi connectivity index (χ1v) is 5.12. The molecule has 0 fully saturated rings. The Morgan fingerprint density at radius 1 is 1.50 bits per heavy atom. The van der Waals surface area contributed by atoms with Crippen LogP contribution in [-0.2, 0) is 11.8 Å². The van der Waals surface area contributed by atoms with Crippen LogP contribution >= 0.6 is 0 Å². The van der Waals surface area contributed by atoms with Gasteiger partial charge in [0.1, 0.15) is 11.4 Å². The molecule has 6 heteroatoms. The maximum absolute atomic E-state index is 13.7. The van der Waals surface area contributed by atoms with Gasteiger partial charge in [0, 0.05) is 19.3 Å². The van der Waals surface area contributed by atoms with Crippen LogP contribution in [0.3, 0.4) is 0 Å². The second kappa shape index (κ2) is 4.48. The number of esters is 1. The van der Waals surface area contributed by atoms with Crippen LogP contribution < -0.4 is 0 Å². The van der Waals surface area contributed by atoms with Gasteiger partial charge in [0.2, 0.25) is 0 Å². The molecular weight excluding hydrogens is 239 g/mol. The molecule has 18 heavy (non-hydrogen) atoms. The van der Waals surface area contributed by atoms with Crippen LogP contribution in [0.15, 0.2) is 24.5 Å². The molecule has 0 spiro atoms. The van der Waals surface area contributed by atoms with E-state index < -0.39 is 11.8 Å². The highest BCUT2D eigenvalue weighted by molar-refractivity contribution is 5.90. The SMILES string of the molecule is COC(=O)c1cc(-c2ncc(O)cc2F)n(C)c1. The van der Waals surface area contributed by atoms with Gasteiger partial charge in [0.05, 0.1) is 24.6 Å². The van der Waals surface area contributed by atoms with Gasteiger partial charge < -0.3 is 14.4 Å². The van der Waals surface area contributed by atoms with Crippen molar-refractivity contribution in [2.75, 3.05) is 7.11 Å². The number of hydrogen-bond acceptors (Lipinski definition) is 4. The van der Waals surface area contributed by atoms with Crippen molar-refractivity contribution in [3.8, 4) is 17.1 Å². The highest BCUT2D eigenvalue weighted by Crippen LogP contribution is 2.24. The first kappa shape index (κ1) is 12.1. The molecule has 2 rings (SSSR count). The largest absolute Gasteiger partial charge is 0.506 e. The second-order valence-corrected chi connectivity index (χ2v) is 3.74. The van der Waals surface area contributed by atoms with Crippen LogP contribution in [-0.4, -0.2) is 27.7 Å². The number of carbonyl (C=O) groups is 1. The lowest BCUT2D eigenvalue weighted by Crippen LogP contribution is -1.98. The average Bonchev–Trinajstić information content (AvgIpc) is 2.70. The maximum atomic E-state index is 13.7. The number of pyridine rings is 1. The Hall–Kier alpha value is -2.37. The first-order chi connectivity index (χ1) is 8.52. The molecule has 5 nitrogen and oxygen atoms in total. The molecule has 0 bridgehead atoms. The molecule has 2 heterocycles. The van der Waals surface area contributed by atoms with Crippen LogP contribution in [0.1, 0.15) is 10.4 Å². The fourth-order valence-electron chi connectivity index (χ4n) is 1.65. The molecule has 0 aliphatic carbocycles. The highest BCUT2D eigenvalue weighted by atomic mass is 19.1. The minimum absolute atomic E-state index is 0.0606. The van der Waals surface area contributed by atoms with Gasteiger partial charge >= 0.3 is 5.97 Å². The Labute approximate surface area is 102 Å². The summed E-state index contributed by atoms with van der Waals surface area (Å²) in [5.41, 5.74) is 0.794. The lowest BCUT2D eigenvalue weighted by Gasteiger charge is -2.03. The van der Waals surface area contributed by atoms with Gasteiger partial charge in [0.15, 0.2) is 5.82 Å². The van der Waals surface area contributed by atoms with E-state index in [9.17, 15) is 9.18 Å². The van der Waals surface area contributed by atoms with Crippen LogP contribution in [0, 0.1) is 5.82 Å². The normalized spacial score (nSPS) is 10.4. The monoisotopic (exact) mass is 250 g/mol. The molecule has 94 valence electrons. The van der Waals surface area contributed by atoms with Gasteiger partial charge in [-0.15, -0.1) is 0 Å². The lowest BCUT2D eigenvalue weighted by molar-refractivity contribution is 0.0600. The second-order valence-electron chi connectivity index (χ2n) is 3.74. The van der Waals surface area contributed by atoms with E-state index >= 15 is 0 Å². The number of rotatable bonds is 2. The van der Waals surface area contributed by atoms with E-state index in [0.717, 1.165) is 12.3 Å². The Balaban J connectivity index is 2.51. The molecular formula is C12H11FN2O3. The highest BCUT2D eigenvalue weighted by Gasteiger charge is 2.16. The summed E-state index contributed by atoms with van der Waals surface area (Å²) in [6.45, 7) is 0. The zero-order valence-electron chi connectivity index (χ0n) is 9.85. The predicted molar refractivity (Wildman–Crippen MR) is 61.6 cm³/mol. The fraction of sp³-hybridized carbons (Fsp3) is 0.167. The summed E-state index contributed by atoms with van der Waals surface area (Å²) in [6.07, 6.45) is 2.67. The number of nitrogens with zero attached hydrogens (tertiary/aromatic N) is 2. The van der Waals surface area contributed by atoms with Crippen LogP contribution in [0.4, 0.5) is 4.39 Å². The summed E-state index contributed by atoms with van der Waals surface area (Å²) in [5.74, 6) is -1.41. The summed E-state index contributed by atoms with van der Waals surface area (Å²) < 4.78 is 19.8. The van der Waals surface area contributed by atoms with E-state index in [2.05, 4.69) is 9.72 Å². The first-order valence-electron chi connectivity index (χ1n) is 5.12. The molecule has 0 saturated carbocycles. The molecule has 0 aliphatic rings. The third kappa shape index (κ3) is 2.04. The van der Waals surface area contributed by atoms with Gasteiger partial charge in [-0.25, -0.2) is 14.2 Å². The molecule has 2 aromatic rings. The molecule has 0 aliphatic heterocycles. The van der Waals surface area contributed by atoms with E-state index in [1.807, 2.05) is 0 Å². The topological polar surface area (TPSA) is 64.3 Å². The molecule has 1 N–H and O–H groups in total. The van der Waals surface area contributed by atoms with Crippen LogP contribution in [0.2, 0.25) is 0 Å². The van der Waals surface area contributed by atoms with Gasteiger partial charge in [-0.05, 0) is 6.07 Å². The van der Waals surface area contributed by atoms with E-state index in [1.165, 1.54) is 19.4 Å². The van der Waals surface area contributed by atoms with Gasteiger partial charge in [0.25, 0.3) is 0 Å². The Bertz CT molecular complexity index is 607. The van der Waals surface area contributed by atoms with Crippen molar-refractivity contribution in [3.05, 3.63) is 35.9 Å². The molecule has 2 aromatic heterocycles. The zero-order valence-corrected chi connectivity index (χ0v) is 9.85. The molecule has 0 amide bonds. The van der Waals surface area contributed by atoms with E-state index in [1.54, 1.807) is 11.6 Å². The van der Waals surface area contributed by atoms with Crippen molar-refractivity contribution < 1.29 is 19.0 Å². The van der Waals surface area contributed by atoms with E-state index in [-0.39, 0.29) is 11.4 Å². The van der Waals surface area contributed by atoms with Crippen molar-refractivity contribution in [1.29, 1.82) is 0 Å². The average molecular weight is 250 g/mol. The molecule has 0 saturated heterocycles. The minimum Gasteiger partial charge on any atom is -0.506 e. The number of hydrogen-bond donors (Lipinski definition) is 1. The number of methoxy groups -OCH3 is 1. The third-order valence-corrected chi connectivity index (χ3v) is 2.50. The number of aromatic nitrogens is 2. The number of ether oxygens (including phenoxy) is 1. The van der Waals surface area contributed by atoms with Crippen LogP contribution in [0.25, 0.3) is 11.4 Å². The predicted octanol–water partition coefficient (Wildman–Crippen LogP) is 1.72. The number of carbonyl (C=O) groups excluding carboxylic acids is 1. The smallest absolute Gasteiger partial charge is 0.339 e. The summed E-state index contributed by atoms with van der Waals surface area (Å²) in [4.78, 5) is 15.2. The summed E-state index contributed by atoms with van der Waals surface area (Å²) in [7, 11) is 2.93. The fourth-order valence-corrected chi connectivity index (χ4v) is 1.65. The van der Waals surface area contributed by atoms with Crippen LogP contribution in [0.5, 0.6) is 5.75 Å². The van der Waals surface area contributed by atoms with E-state index in [0.29, 0.717) is 11.3 Å². The van der Waals surface area contributed by atoms with Crippen molar-refractivity contribution in [2.24, 2.45) is 7.05 Å². The van der Waals surface area contributed by atoms with Gasteiger partial charge in [-0.2, -0.15) is 0 Å². The maximum Gasteiger partial charge on any atom is 0.339 e. The van der Waals surface area contributed by atoms with Crippen molar-refractivity contribution in [2.45, 2.75) is 0 Å². The molecule has 0 atom stereocenters. The number of halogens is 1. The van der Waals surface area contributed by atoms with E-state index in [4.69, 9.17) is 5.11 Å².